The molecule has 1 heterocycles. The maximum absolute atomic E-state index is 11.2. The Labute approximate surface area is 138 Å². The number of rotatable bonds is 4. The normalized spacial score (nSPS) is 10.3. The van der Waals surface area contributed by atoms with Crippen LogP contribution in [-0.2, 0) is 0 Å². The summed E-state index contributed by atoms with van der Waals surface area (Å²) in [6.45, 7) is 1.80. The van der Waals surface area contributed by atoms with Crippen molar-refractivity contribution in [1.29, 1.82) is 0 Å². The van der Waals surface area contributed by atoms with Gasteiger partial charge in [-0.2, -0.15) is 0 Å². The average molecular weight is 321 g/mol. The summed E-state index contributed by atoms with van der Waals surface area (Å²) in [5.74, 6) is -0.907. The van der Waals surface area contributed by atoms with Crippen molar-refractivity contribution >= 4 is 28.7 Å². The Kier molecular flexibility index (Phi) is 4.35. The second-order valence-corrected chi connectivity index (χ2v) is 5.95. The Bertz CT molecular complexity index is 810. The summed E-state index contributed by atoms with van der Waals surface area (Å²) < 4.78 is 0. The number of thiophene rings is 1. The molecular weight excluding hydrogens is 306 g/mol. The fourth-order valence-electron chi connectivity index (χ4n) is 2.34. The van der Waals surface area contributed by atoms with Crippen molar-refractivity contribution in [3.05, 3.63) is 87.6 Å². The summed E-state index contributed by atoms with van der Waals surface area (Å²) in [5.41, 5.74) is 4.24. The number of nitrogens with zero attached hydrogens (tertiary/aromatic N) is 1. The van der Waals surface area contributed by atoms with Crippen LogP contribution in [0.2, 0.25) is 0 Å². The average Bonchev–Trinajstić information content (AvgIpc) is 2.95. The molecular formula is C19H15NO2S. The zero-order valence-electron chi connectivity index (χ0n) is 12.6. The van der Waals surface area contributed by atoms with Crippen LogP contribution in [0, 0.1) is 6.92 Å². The topological polar surface area (TPSA) is 49.7 Å². The number of hydrogen-bond donors (Lipinski definition) is 1. The van der Waals surface area contributed by atoms with E-state index in [9.17, 15) is 9.90 Å². The summed E-state index contributed by atoms with van der Waals surface area (Å²) in [7, 11) is 0. The van der Waals surface area contributed by atoms with Crippen LogP contribution in [0.15, 0.2) is 71.0 Å². The van der Waals surface area contributed by atoms with Crippen molar-refractivity contribution in [1.82, 2.24) is 0 Å². The van der Waals surface area contributed by atoms with Crippen LogP contribution < -0.4 is 0 Å². The van der Waals surface area contributed by atoms with Crippen molar-refractivity contribution in [2.75, 3.05) is 0 Å². The van der Waals surface area contributed by atoms with Gasteiger partial charge in [-0.05, 0) is 6.92 Å². The van der Waals surface area contributed by atoms with E-state index >= 15 is 0 Å². The zero-order valence-corrected chi connectivity index (χ0v) is 13.4. The Balaban J connectivity index is 2.15. The molecule has 0 unspecified atom stereocenters. The van der Waals surface area contributed by atoms with Crippen molar-refractivity contribution in [3.63, 3.8) is 0 Å². The molecule has 3 nitrogen and oxygen atoms in total. The highest BCUT2D eigenvalue weighted by Gasteiger charge is 2.15. The molecule has 1 N–H and O–H groups in total. The molecule has 1 aromatic heterocycles. The van der Waals surface area contributed by atoms with Gasteiger partial charge in [0.15, 0.2) is 0 Å². The third-order valence-electron chi connectivity index (χ3n) is 3.53. The number of carboxylic acids is 1. The van der Waals surface area contributed by atoms with Gasteiger partial charge in [0.1, 0.15) is 4.88 Å². The summed E-state index contributed by atoms with van der Waals surface area (Å²) in [6.07, 6.45) is 0. The molecule has 0 atom stereocenters. The van der Waals surface area contributed by atoms with E-state index < -0.39 is 5.97 Å². The molecule has 0 bridgehead atoms. The second kappa shape index (κ2) is 6.58. The minimum absolute atomic E-state index is 0.337. The highest BCUT2D eigenvalue weighted by molar-refractivity contribution is 7.12. The van der Waals surface area contributed by atoms with Crippen molar-refractivity contribution in [2.45, 2.75) is 6.92 Å². The zero-order chi connectivity index (χ0) is 16.2. The van der Waals surface area contributed by atoms with Gasteiger partial charge in [-0.25, -0.2) is 9.79 Å². The highest BCUT2D eigenvalue weighted by atomic mass is 32.1. The standard InChI is InChI=1S/C19H15NO2S/c1-13-16(12-23-18(13)19(21)22)20-17(14-8-4-2-5-9-14)15-10-6-3-7-11-15/h2-12H,1H3,(H,21,22). The number of aromatic carboxylic acids is 1. The molecule has 4 heteroatoms. The van der Waals surface area contributed by atoms with Crippen LogP contribution in [-0.4, -0.2) is 16.8 Å². The van der Waals surface area contributed by atoms with Gasteiger partial charge in [-0.1, -0.05) is 60.7 Å². The molecule has 2 aromatic carbocycles. The third kappa shape index (κ3) is 3.22. The Morgan fingerprint density at radius 1 is 0.957 bits per heavy atom. The lowest BCUT2D eigenvalue weighted by Gasteiger charge is -2.07. The molecule has 0 saturated heterocycles. The molecule has 23 heavy (non-hydrogen) atoms. The van der Waals surface area contributed by atoms with E-state index in [1.165, 1.54) is 11.3 Å². The monoisotopic (exact) mass is 321 g/mol. The lowest BCUT2D eigenvalue weighted by Crippen LogP contribution is -2.02. The number of aliphatic imine (C=N–C) groups is 1. The molecule has 0 amide bonds. The number of carbonyl (C=O) groups is 1. The minimum atomic E-state index is -0.907. The van der Waals surface area contributed by atoms with Crippen LogP contribution in [0.25, 0.3) is 0 Å². The van der Waals surface area contributed by atoms with Crippen LogP contribution in [0.1, 0.15) is 26.4 Å². The minimum Gasteiger partial charge on any atom is -0.477 e. The first-order chi connectivity index (χ1) is 11.2. The summed E-state index contributed by atoms with van der Waals surface area (Å²) >= 11 is 1.21. The quantitative estimate of drug-likeness (QED) is 0.693. The fourth-order valence-corrected chi connectivity index (χ4v) is 3.18. The van der Waals surface area contributed by atoms with Crippen molar-refractivity contribution in [2.24, 2.45) is 4.99 Å². The van der Waals surface area contributed by atoms with Crippen LogP contribution in [0.5, 0.6) is 0 Å². The largest absolute Gasteiger partial charge is 0.477 e. The molecule has 0 saturated carbocycles. The number of benzene rings is 2. The fraction of sp³-hybridized carbons (Fsp3) is 0.0526. The second-order valence-electron chi connectivity index (χ2n) is 5.07. The lowest BCUT2D eigenvalue weighted by atomic mass is 10.0. The van der Waals surface area contributed by atoms with Gasteiger partial charge >= 0.3 is 5.97 Å². The first-order valence-electron chi connectivity index (χ1n) is 7.17. The number of carboxylic acid groups (broad SMARTS) is 1. The highest BCUT2D eigenvalue weighted by Crippen LogP contribution is 2.30. The smallest absolute Gasteiger partial charge is 0.346 e. The maximum atomic E-state index is 11.2. The predicted octanol–water partition coefficient (Wildman–Crippen LogP) is 4.92. The molecule has 0 aliphatic carbocycles. The van der Waals surface area contributed by atoms with E-state index in [4.69, 9.17) is 4.99 Å². The van der Waals surface area contributed by atoms with E-state index in [0.717, 1.165) is 16.8 Å². The van der Waals surface area contributed by atoms with E-state index in [2.05, 4.69) is 0 Å². The molecule has 3 aromatic rings. The molecule has 0 aliphatic heterocycles. The van der Waals surface area contributed by atoms with Crippen LogP contribution >= 0.6 is 11.3 Å². The number of hydrogen-bond acceptors (Lipinski definition) is 3. The Morgan fingerprint density at radius 2 is 1.48 bits per heavy atom. The summed E-state index contributed by atoms with van der Waals surface area (Å²) in [4.78, 5) is 16.3. The van der Waals surface area contributed by atoms with Crippen LogP contribution in [0.3, 0.4) is 0 Å². The molecule has 0 aliphatic rings. The van der Waals surface area contributed by atoms with Gasteiger partial charge in [0, 0.05) is 22.1 Å². The van der Waals surface area contributed by atoms with E-state index in [-0.39, 0.29) is 0 Å². The molecule has 0 fully saturated rings. The first kappa shape index (κ1) is 15.2. The van der Waals surface area contributed by atoms with Gasteiger partial charge in [0.25, 0.3) is 0 Å². The van der Waals surface area contributed by atoms with Gasteiger partial charge in [-0.3, -0.25) is 0 Å². The van der Waals surface area contributed by atoms with Gasteiger partial charge < -0.3 is 5.11 Å². The first-order valence-corrected chi connectivity index (χ1v) is 8.05. The third-order valence-corrected chi connectivity index (χ3v) is 4.59. The molecule has 0 radical (unpaired) electrons. The lowest BCUT2D eigenvalue weighted by molar-refractivity contribution is 0.0701. The SMILES string of the molecule is Cc1c(N=C(c2ccccc2)c2ccccc2)csc1C(=O)O. The van der Waals surface area contributed by atoms with Gasteiger partial charge in [0.05, 0.1) is 11.4 Å². The molecule has 114 valence electrons. The summed E-state index contributed by atoms with van der Waals surface area (Å²) in [6, 6.07) is 19.8. The molecule has 0 spiro atoms. The van der Waals surface area contributed by atoms with E-state index in [1.54, 1.807) is 12.3 Å². The maximum Gasteiger partial charge on any atom is 0.346 e. The van der Waals surface area contributed by atoms with Crippen LogP contribution in [0.4, 0.5) is 5.69 Å². The summed E-state index contributed by atoms with van der Waals surface area (Å²) in [5, 5.41) is 11.0. The van der Waals surface area contributed by atoms with Crippen molar-refractivity contribution in [3.8, 4) is 0 Å². The van der Waals surface area contributed by atoms with E-state index in [1.807, 2.05) is 60.7 Å². The van der Waals surface area contributed by atoms with E-state index in [0.29, 0.717) is 16.1 Å². The predicted molar refractivity (Wildman–Crippen MR) is 94.2 cm³/mol. The van der Waals surface area contributed by atoms with Gasteiger partial charge in [-0.15, -0.1) is 11.3 Å². The molecule has 3 rings (SSSR count). The van der Waals surface area contributed by atoms with Gasteiger partial charge in [0.2, 0.25) is 0 Å². The Morgan fingerprint density at radius 3 is 1.91 bits per heavy atom. The van der Waals surface area contributed by atoms with Crippen molar-refractivity contribution < 1.29 is 9.90 Å². The Hall–Kier alpha value is -2.72.